The maximum atomic E-state index is 13.6. The van der Waals surface area contributed by atoms with Gasteiger partial charge in [0.25, 0.3) is 0 Å². The number of hydrogen-bond acceptors (Lipinski definition) is 1. The second-order valence-electron chi connectivity index (χ2n) is 5.00. The summed E-state index contributed by atoms with van der Waals surface area (Å²) >= 11 is 0. The van der Waals surface area contributed by atoms with E-state index in [4.69, 9.17) is 0 Å². The van der Waals surface area contributed by atoms with Gasteiger partial charge < -0.3 is 4.57 Å². The minimum Gasteiger partial charge on any atom is -0.328 e. The summed E-state index contributed by atoms with van der Waals surface area (Å²) in [5, 5.41) is 0. The number of aryl methyl sites for hydroxylation is 1. The zero-order chi connectivity index (χ0) is 12.1. The summed E-state index contributed by atoms with van der Waals surface area (Å²) in [6.45, 7) is 5.97. The van der Waals surface area contributed by atoms with E-state index in [1.165, 1.54) is 6.07 Å². The van der Waals surface area contributed by atoms with E-state index in [1.54, 1.807) is 11.6 Å². The molecule has 0 atom stereocenters. The number of benzene rings is 1. The van der Waals surface area contributed by atoms with Crippen molar-refractivity contribution >= 4 is 11.0 Å². The lowest BCUT2D eigenvalue weighted by Crippen LogP contribution is -2.17. The zero-order valence-corrected chi connectivity index (χ0v) is 9.81. The Kier molecular flexibility index (Phi) is 2.26. The highest BCUT2D eigenvalue weighted by atomic mass is 19.1. The van der Waals surface area contributed by atoms with Crippen molar-refractivity contribution in [2.24, 2.45) is 7.05 Å². The Morgan fingerprint density at radius 2 is 1.81 bits per heavy atom. The van der Waals surface area contributed by atoms with E-state index >= 15 is 0 Å². The average molecular weight is 224 g/mol. The van der Waals surface area contributed by atoms with Crippen LogP contribution in [0.4, 0.5) is 8.78 Å². The number of imidazole rings is 1. The van der Waals surface area contributed by atoms with Gasteiger partial charge >= 0.3 is 0 Å². The summed E-state index contributed by atoms with van der Waals surface area (Å²) in [7, 11) is 1.75. The second kappa shape index (κ2) is 3.27. The van der Waals surface area contributed by atoms with Crippen molar-refractivity contribution in [2.45, 2.75) is 26.2 Å². The van der Waals surface area contributed by atoms with Crippen LogP contribution in [0, 0.1) is 11.6 Å². The summed E-state index contributed by atoms with van der Waals surface area (Å²) in [5.41, 5.74) is 0.521. The third-order valence-corrected chi connectivity index (χ3v) is 2.56. The molecule has 86 valence electrons. The Hall–Kier alpha value is -1.45. The fourth-order valence-electron chi connectivity index (χ4n) is 1.94. The van der Waals surface area contributed by atoms with Crippen LogP contribution in [0.15, 0.2) is 12.1 Å². The molecule has 0 aliphatic carbocycles. The number of aromatic nitrogens is 2. The molecule has 0 amide bonds. The van der Waals surface area contributed by atoms with Crippen LogP contribution in [-0.4, -0.2) is 9.55 Å². The van der Waals surface area contributed by atoms with Crippen molar-refractivity contribution in [1.29, 1.82) is 0 Å². The van der Waals surface area contributed by atoms with E-state index in [1.807, 2.05) is 20.8 Å². The minimum atomic E-state index is -0.594. The summed E-state index contributed by atoms with van der Waals surface area (Å²) < 4.78 is 28.3. The number of rotatable bonds is 0. The highest BCUT2D eigenvalue weighted by Crippen LogP contribution is 2.27. The molecule has 0 spiro atoms. The number of halogens is 2. The molecule has 0 saturated carbocycles. The quantitative estimate of drug-likeness (QED) is 0.672. The van der Waals surface area contributed by atoms with Crippen molar-refractivity contribution in [1.82, 2.24) is 9.55 Å². The van der Waals surface area contributed by atoms with Gasteiger partial charge in [-0.05, 0) is 0 Å². The Labute approximate surface area is 92.9 Å². The van der Waals surface area contributed by atoms with Gasteiger partial charge in [-0.1, -0.05) is 20.8 Å². The van der Waals surface area contributed by atoms with Gasteiger partial charge in [0.05, 0.1) is 5.52 Å². The third kappa shape index (κ3) is 1.58. The van der Waals surface area contributed by atoms with Gasteiger partial charge in [0, 0.05) is 24.6 Å². The highest BCUT2D eigenvalue weighted by Gasteiger charge is 2.22. The van der Waals surface area contributed by atoms with Crippen LogP contribution in [0.5, 0.6) is 0 Å². The van der Waals surface area contributed by atoms with Gasteiger partial charge in [-0.15, -0.1) is 0 Å². The lowest BCUT2D eigenvalue weighted by Gasteiger charge is -2.17. The van der Waals surface area contributed by atoms with E-state index in [0.717, 1.165) is 11.9 Å². The van der Waals surface area contributed by atoms with Crippen LogP contribution in [0.2, 0.25) is 0 Å². The van der Waals surface area contributed by atoms with Gasteiger partial charge in [0.1, 0.15) is 17.2 Å². The van der Waals surface area contributed by atoms with E-state index in [2.05, 4.69) is 4.98 Å². The maximum absolute atomic E-state index is 13.6. The van der Waals surface area contributed by atoms with Crippen LogP contribution in [0.3, 0.4) is 0 Å². The molecule has 2 rings (SSSR count). The SMILES string of the molecule is Cn1c(C(C)(C)C)nc2cc(F)cc(F)c21. The van der Waals surface area contributed by atoms with E-state index in [9.17, 15) is 8.78 Å². The predicted molar refractivity (Wildman–Crippen MR) is 59.3 cm³/mol. The topological polar surface area (TPSA) is 17.8 Å². The normalized spacial score (nSPS) is 12.4. The number of nitrogens with zero attached hydrogens (tertiary/aromatic N) is 2. The second-order valence-corrected chi connectivity index (χ2v) is 5.00. The van der Waals surface area contributed by atoms with Crippen LogP contribution in [-0.2, 0) is 12.5 Å². The lowest BCUT2D eigenvalue weighted by molar-refractivity contribution is 0.524. The molecular formula is C12H14F2N2. The van der Waals surface area contributed by atoms with Crippen molar-refractivity contribution in [2.75, 3.05) is 0 Å². The Morgan fingerprint density at radius 3 is 2.38 bits per heavy atom. The van der Waals surface area contributed by atoms with Crippen LogP contribution < -0.4 is 0 Å². The van der Waals surface area contributed by atoms with Crippen molar-refractivity contribution < 1.29 is 8.78 Å². The molecule has 0 N–H and O–H groups in total. The fraction of sp³-hybridized carbons (Fsp3) is 0.417. The smallest absolute Gasteiger partial charge is 0.152 e. The molecule has 2 aromatic rings. The predicted octanol–water partition coefficient (Wildman–Crippen LogP) is 3.15. The molecule has 1 heterocycles. The minimum absolute atomic E-state index is 0.198. The number of hydrogen-bond donors (Lipinski definition) is 0. The summed E-state index contributed by atoms with van der Waals surface area (Å²) in [6.07, 6.45) is 0. The molecule has 0 fully saturated rings. The first kappa shape index (κ1) is 11.0. The molecule has 0 unspecified atom stereocenters. The van der Waals surface area contributed by atoms with Crippen LogP contribution in [0.25, 0.3) is 11.0 Å². The standard InChI is InChI=1S/C12H14F2N2/c1-12(2,3)11-15-9-6-7(13)5-8(14)10(9)16(11)4/h5-6H,1-4H3. The Balaban J connectivity index is 2.83. The van der Waals surface area contributed by atoms with E-state index in [-0.39, 0.29) is 5.41 Å². The molecule has 0 aliphatic rings. The molecule has 16 heavy (non-hydrogen) atoms. The van der Waals surface area contributed by atoms with Gasteiger partial charge in [-0.3, -0.25) is 0 Å². The van der Waals surface area contributed by atoms with Gasteiger partial charge in [-0.25, -0.2) is 13.8 Å². The first-order valence-corrected chi connectivity index (χ1v) is 5.12. The monoisotopic (exact) mass is 224 g/mol. The van der Waals surface area contributed by atoms with Gasteiger partial charge in [-0.2, -0.15) is 0 Å². The average Bonchev–Trinajstić information content (AvgIpc) is 2.41. The molecule has 2 nitrogen and oxygen atoms in total. The van der Waals surface area contributed by atoms with Crippen LogP contribution in [0.1, 0.15) is 26.6 Å². The third-order valence-electron chi connectivity index (χ3n) is 2.56. The van der Waals surface area contributed by atoms with E-state index < -0.39 is 11.6 Å². The zero-order valence-electron chi connectivity index (χ0n) is 9.81. The lowest BCUT2D eigenvalue weighted by atomic mass is 9.96. The van der Waals surface area contributed by atoms with Crippen molar-refractivity contribution in [3.8, 4) is 0 Å². The van der Waals surface area contributed by atoms with Crippen molar-refractivity contribution in [3.63, 3.8) is 0 Å². The molecule has 1 aromatic carbocycles. The summed E-state index contributed by atoms with van der Waals surface area (Å²) in [4.78, 5) is 4.29. The molecule has 0 radical (unpaired) electrons. The first-order valence-electron chi connectivity index (χ1n) is 5.12. The summed E-state index contributed by atoms with van der Waals surface area (Å²) in [5.74, 6) is -0.420. The van der Waals surface area contributed by atoms with Gasteiger partial charge in [0.15, 0.2) is 5.82 Å². The molecule has 1 aromatic heterocycles. The molecule has 0 bridgehead atoms. The Bertz CT molecular complexity index is 550. The molecule has 0 aliphatic heterocycles. The van der Waals surface area contributed by atoms with Crippen LogP contribution >= 0.6 is 0 Å². The maximum Gasteiger partial charge on any atom is 0.152 e. The summed E-state index contributed by atoms with van der Waals surface area (Å²) in [6, 6.07) is 2.14. The van der Waals surface area contributed by atoms with E-state index in [0.29, 0.717) is 11.0 Å². The van der Waals surface area contributed by atoms with Crippen molar-refractivity contribution in [3.05, 3.63) is 29.6 Å². The molecular weight excluding hydrogens is 210 g/mol. The largest absolute Gasteiger partial charge is 0.328 e. The molecule has 4 heteroatoms. The molecule has 0 saturated heterocycles. The Morgan fingerprint density at radius 1 is 1.19 bits per heavy atom. The highest BCUT2D eigenvalue weighted by molar-refractivity contribution is 5.77. The van der Waals surface area contributed by atoms with Gasteiger partial charge in [0.2, 0.25) is 0 Å². The first-order chi connectivity index (χ1) is 7.30. The fourth-order valence-corrected chi connectivity index (χ4v) is 1.94. The number of fused-ring (bicyclic) bond motifs is 1.